The Morgan fingerprint density at radius 1 is 1.16 bits per heavy atom. The molecule has 7 nitrogen and oxygen atoms in total. The van der Waals surface area contributed by atoms with Gasteiger partial charge in [0.2, 0.25) is 10.0 Å². The number of hydrogen-bond donors (Lipinski definition) is 2. The Balaban J connectivity index is 2.06. The van der Waals surface area contributed by atoms with Crippen molar-refractivity contribution in [1.82, 2.24) is 10.0 Å². The number of carbonyl (C=O) groups is 1. The standard InChI is InChI=1S/C23H27ClN2O5S/c1-17(2)23(16-27,26-32(4,28)29)25-13-11-19-7-10-21(22(15-19)30-3)31-14-12-18-5-8-20(24)9-6-18/h5-10,15-17,25-26H,11,13H2,1-4H3. The van der Waals surface area contributed by atoms with Gasteiger partial charge in [-0.05, 0) is 60.2 Å². The molecule has 0 bridgehead atoms. The van der Waals surface area contributed by atoms with E-state index >= 15 is 0 Å². The molecule has 0 aliphatic heterocycles. The third kappa shape index (κ3) is 7.53. The Labute approximate surface area is 194 Å². The Hall–Kier alpha value is -2.57. The highest BCUT2D eigenvalue weighted by molar-refractivity contribution is 7.88. The number of aldehydes is 1. The summed E-state index contributed by atoms with van der Waals surface area (Å²) in [6.45, 7) is 3.89. The van der Waals surface area contributed by atoms with Crippen LogP contribution in [0.1, 0.15) is 25.0 Å². The second-order valence-electron chi connectivity index (χ2n) is 7.51. The van der Waals surface area contributed by atoms with Gasteiger partial charge in [-0.1, -0.05) is 31.5 Å². The molecule has 0 aliphatic carbocycles. The van der Waals surface area contributed by atoms with Crippen LogP contribution in [-0.4, -0.2) is 40.3 Å². The molecule has 0 aromatic heterocycles. The number of benzene rings is 2. The van der Waals surface area contributed by atoms with E-state index in [4.69, 9.17) is 21.1 Å². The molecule has 0 saturated carbocycles. The van der Waals surface area contributed by atoms with Gasteiger partial charge in [0.1, 0.15) is 11.8 Å². The fraction of sp³-hybridized carbons (Fsp3) is 0.348. The quantitative estimate of drug-likeness (QED) is 0.310. The highest BCUT2D eigenvalue weighted by Crippen LogP contribution is 2.28. The van der Waals surface area contributed by atoms with Gasteiger partial charge in [-0.3, -0.25) is 10.1 Å². The summed E-state index contributed by atoms with van der Waals surface area (Å²) in [6, 6.07) is 12.5. The molecule has 2 aromatic carbocycles. The minimum Gasteiger partial charge on any atom is -0.493 e. The van der Waals surface area contributed by atoms with E-state index < -0.39 is 15.7 Å². The lowest BCUT2D eigenvalue weighted by Gasteiger charge is -2.33. The first-order chi connectivity index (χ1) is 15.1. The Bertz CT molecular complexity index is 1090. The van der Waals surface area contributed by atoms with Crippen LogP contribution in [-0.2, 0) is 21.2 Å². The van der Waals surface area contributed by atoms with E-state index in [0.29, 0.717) is 35.8 Å². The predicted molar refractivity (Wildman–Crippen MR) is 125 cm³/mol. The first-order valence-corrected chi connectivity index (χ1v) is 12.2. The largest absolute Gasteiger partial charge is 0.493 e. The number of halogens is 1. The highest BCUT2D eigenvalue weighted by atomic mass is 35.5. The Morgan fingerprint density at radius 2 is 1.84 bits per heavy atom. The van der Waals surface area contributed by atoms with E-state index in [-0.39, 0.29) is 5.92 Å². The van der Waals surface area contributed by atoms with Crippen LogP contribution in [0.3, 0.4) is 0 Å². The molecule has 0 heterocycles. The van der Waals surface area contributed by atoms with Crippen molar-refractivity contribution in [3.05, 3.63) is 58.6 Å². The molecule has 0 aliphatic rings. The summed E-state index contributed by atoms with van der Waals surface area (Å²) < 4.78 is 36.7. The lowest BCUT2D eigenvalue weighted by atomic mass is 9.98. The number of ether oxygens (including phenoxy) is 2. The third-order valence-corrected chi connectivity index (χ3v) is 5.67. The molecule has 0 amide bonds. The number of sulfonamides is 1. The second kappa shape index (κ2) is 11.3. The zero-order valence-corrected chi connectivity index (χ0v) is 20.0. The van der Waals surface area contributed by atoms with Crippen molar-refractivity contribution in [2.45, 2.75) is 25.9 Å². The summed E-state index contributed by atoms with van der Waals surface area (Å²) >= 11 is 5.86. The minimum absolute atomic E-state index is 0.292. The van der Waals surface area contributed by atoms with Crippen LogP contribution in [0.15, 0.2) is 42.5 Å². The van der Waals surface area contributed by atoms with Crippen molar-refractivity contribution in [2.24, 2.45) is 5.92 Å². The SMILES string of the molecule is COc1cc(CCNC(C=O)(NS(C)(=O)=O)C(C)C)ccc1OC#Cc1ccc(Cl)cc1. The van der Waals surface area contributed by atoms with Crippen LogP contribution in [0.25, 0.3) is 0 Å². The smallest absolute Gasteiger partial charge is 0.210 e. The van der Waals surface area contributed by atoms with Crippen molar-refractivity contribution < 1.29 is 22.7 Å². The normalized spacial score (nSPS) is 13.1. The molecule has 1 atom stereocenters. The molecular weight excluding hydrogens is 452 g/mol. The molecule has 2 N–H and O–H groups in total. The number of nitrogens with one attached hydrogen (secondary N) is 2. The molecule has 32 heavy (non-hydrogen) atoms. The van der Waals surface area contributed by atoms with E-state index in [1.807, 2.05) is 12.1 Å². The predicted octanol–water partition coefficient (Wildman–Crippen LogP) is 2.97. The molecule has 2 aromatic rings. The average Bonchev–Trinajstić information content (AvgIpc) is 2.74. The van der Waals surface area contributed by atoms with Gasteiger partial charge < -0.3 is 9.47 Å². The van der Waals surface area contributed by atoms with Crippen molar-refractivity contribution in [2.75, 3.05) is 19.9 Å². The monoisotopic (exact) mass is 478 g/mol. The first kappa shape index (κ1) is 25.7. The van der Waals surface area contributed by atoms with Crippen LogP contribution in [0.2, 0.25) is 5.02 Å². The van der Waals surface area contributed by atoms with Gasteiger partial charge >= 0.3 is 0 Å². The second-order valence-corrected chi connectivity index (χ2v) is 9.70. The van der Waals surface area contributed by atoms with E-state index in [2.05, 4.69) is 22.1 Å². The summed E-state index contributed by atoms with van der Waals surface area (Å²) in [7, 11) is -2.05. The zero-order valence-electron chi connectivity index (χ0n) is 18.4. The molecule has 1 unspecified atom stereocenters. The van der Waals surface area contributed by atoms with Gasteiger partial charge in [0.05, 0.1) is 13.4 Å². The summed E-state index contributed by atoms with van der Waals surface area (Å²) in [5, 5.41) is 3.67. The molecule has 0 spiro atoms. The van der Waals surface area contributed by atoms with Crippen LogP contribution in [0.5, 0.6) is 11.5 Å². The summed E-state index contributed by atoms with van der Waals surface area (Å²) in [6.07, 6.45) is 4.79. The topological polar surface area (TPSA) is 93.7 Å². The van der Waals surface area contributed by atoms with E-state index in [1.54, 1.807) is 44.2 Å². The minimum atomic E-state index is -3.58. The lowest BCUT2D eigenvalue weighted by molar-refractivity contribution is -0.115. The van der Waals surface area contributed by atoms with Crippen LogP contribution >= 0.6 is 11.6 Å². The van der Waals surface area contributed by atoms with Crippen LogP contribution in [0, 0.1) is 17.9 Å². The van der Waals surface area contributed by atoms with Gasteiger partial charge in [0, 0.05) is 17.1 Å². The van der Waals surface area contributed by atoms with Crippen molar-refractivity contribution >= 4 is 27.9 Å². The molecule has 0 fully saturated rings. The highest BCUT2D eigenvalue weighted by Gasteiger charge is 2.35. The molecule has 172 valence electrons. The van der Waals surface area contributed by atoms with Gasteiger partial charge in [-0.15, -0.1) is 0 Å². The molecule has 2 rings (SSSR count). The Kier molecular flexibility index (Phi) is 9.10. The van der Waals surface area contributed by atoms with Crippen molar-refractivity contribution in [3.63, 3.8) is 0 Å². The third-order valence-electron chi connectivity index (χ3n) is 4.71. The number of hydrogen-bond acceptors (Lipinski definition) is 6. The summed E-state index contributed by atoms with van der Waals surface area (Å²) in [4.78, 5) is 11.7. The fourth-order valence-corrected chi connectivity index (χ4v) is 4.00. The molecule has 0 radical (unpaired) electrons. The maximum Gasteiger partial charge on any atom is 0.210 e. The van der Waals surface area contributed by atoms with E-state index in [9.17, 15) is 13.2 Å². The van der Waals surface area contributed by atoms with Gasteiger partial charge in [-0.2, -0.15) is 4.72 Å². The molecule has 0 saturated heterocycles. The number of carbonyl (C=O) groups excluding carboxylic acids is 1. The lowest BCUT2D eigenvalue weighted by Crippen LogP contribution is -2.63. The maximum atomic E-state index is 11.7. The summed E-state index contributed by atoms with van der Waals surface area (Å²) in [5.74, 6) is 3.57. The van der Waals surface area contributed by atoms with E-state index in [0.717, 1.165) is 17.4 Å². The van der Waals surface area contributed by atoms with E-state index in [1.165, 1.54) is 7.11 Å². The van der Waals surface area contributed by atoms with Crippen molar-refractivity contribution in [3.8, 4) is 23.5 Å². The van der Waals surface area contributed by atoms with Gasteiger partial charge in [0.25, 0.3) is 0 Å². The maximum absolute atomic E-state index is 11.7. The molecule has 9 heteroatoms. The molecular formula is C23H27ClN2O5S. The first-order valence-electron chi connectivity index (χ1n) is 9.89. The Morgan fingerprint density at radius 3 is 2.41 bits per heavy atom. The zero-order chi connectivity index (χ0) is 23.8. The van der Waals surface area contributed by atoms with Crippen LogP contribution in [0.4, 0.5) is 0 Å². The fourth-order valence-electron chi connectivity index (χ4n) is 2.90. The van der Waals surface area contributed by atoms with Crippen molar-refractivity contribution in [1.29, 1.82) is 0 Å². The summed E-state index contributed by atoms with van der Waals surface area (Å²) in [5.41, 5.74) is 0.302. The number of methoxy groups -OCH3 is 1. The number of rotatable bonds is 10. The van der Waals surface area contributed by atoms with Gasteiger partial charge in [0.15, 0.2) is 17.8 Å². The average molecular weight is 479 g/mol. The van der Waals surface area contributed by atoms with Gasteiger partial charge in [-0.25, -0.2) is 8.42 Å². The van der Waals surface area contributed by atoms with Crippen LogP contribution < -0.4 is 19.5 Å².